The zero-order valence-electron chi connectivity index (χ0n) is 13.3. The van der Waals surface area contributed by atoms with Crippen molar-refractivity contribution in [2.24, 2.45) is 11.8 Å². The minimum atomic E-state index is 0.0277. The summed E-state index contributed by atoms with van der Waals surface area (Å²) in [4.78, 5) is 24.3. The maximum Gasteiger partial charge on any atom is 0.227 e. The van der Waals surface area contributed by atoms with Crippen molar-refractivity contribution in [2.75, 3.05) is 11.9 Å². The average molecular weight is 302 g/mol. The lowest BCUT2D eigenvalue weighted by molar-refractivity contribution is -0.128. The Bertz CT molecular complexity index is 479. The number of benzene rings is 1. The fourth-order valence-corrected chi connectivity index (χ4v) is 2.92. The molecule has 0 unspecified atom stereocenters. The highest BCUT2D eigenvalue weighted by Gasteiger charge is 2.29. The van der Waals surface area contributed by atoms with Crippen LogP contribution >= 0.6 is 0 Å². The zero-order valence-corrected chi connectivity index (χ0v) is 13.3. The van der Waals surface area contributed by atoms with Gasteiger partial charge in [-0.15, -0.1) is 0 Å². The second-order valence-electron chi connectivity index (χ2n) is 6.05. The van der Waals surface area contributed by atoms with Gasteiger partial charge >= 0.3 is 0 Å². The lowest BCUT2D eigenvalue weighted by Gasteiger charge is -2.27. The van der Waals surface area contributed by atoms with E-state index < -0.39 is 0 Å². The standard InChI is InChI=1S/C18H26N2O2/c1-2-3-13-19-17(21)14-9-11-15(12-10-14)18(22)20-16-7-5-4-6-8-16/h4-8,14-15H,2-3,9-13H2,1H3,(H,19,21)(H,20,22). The Hall–Kier alpha value is -1.84. The normalized spacial score (nSPS) is 21.1. The first-order valence-electron chi connectivity index (χ1n) is 8.34. The lowest BCUT2D eigenvalue weighted by atomic mass is 9.81. The number of unbranched alkanes of at least 4 members (excludes halogenated alkanes) is 1. The monoisotopic (exact) mass is 302 g/mol. The number of amides is 2. The maximum absolute atomic E-state index is 12.2. The molecule has 0 aromatic heterocycles. The van der Waals surface area contributed by atoms with Crippen molar-refractivity contribution in [3.05, 3.63) is 30.3 Å². The highest BCUT2D eigenvalue weighted by molar-refractivity contribution is 5.92. The van der Waals surface area contributed by atoms with Gasteiger partial charge in [-0.1, -0.05) is 31.5 Å². The molecule has 1 saturated carbocycles. The summed E-state index contributed by atoms with van der Waals surface area (Å²) < 4.78 is 0. The van der Waals surface area contributed by atoms with Gasteiger partial charge in [-0.2, -0.15) is 0 Å². The molecular formula is C18H26N2O2. The zero-order chi connectivity index (χ0) is 15.8. The Labute approximate surface area is 132 Å². The molecule has 120 valence electrons. The summed E-state index contributed by atoms with van der Waals surface area (Å²) in [5.41, 5.74) is 0.840. The first-order chi connectivity index (χ1) is 10.7. The van der Waals surface area contributed by atoms with E-state index in [1.165, 1.54) is 0 Å². The van der Waals surface area contributed by atoms with Gasteiger partial charge in [0.15, 0.2) is 0 Å². The molecular weight excluding hydrogens is 276 g/mol. The molecule has 4 heteroatoms. The van der Waals surface area contributed by atoms with E-state index in [2.05, 4.69) is 17.6 Å². The first kappa shape index (κ1) is 16.5. The van der Waals surface area contributed by atoms with E-state index in [9.17, 15) is 9.59 Å². The topological polar surface area (TPSA) is 58.2 Å². The Morgan fingerprint density at radius 2 is 1.59 bits per heavy atom. The van der Waals surface area contributed by atoms with Gasteiger partial charge in [-0.05, 0) is 44.2 Å². The maximum atomic E-state index is 12.2. The van der Waals surface area contributed by atoms with E-state index in [1.54, 1.807) is 0 Å². The minimum Gasteiger partial charge on any atom is -0.356 e. The fourth-order valence-electron chi connectivity index (χ4n) is 2.92. The van der Waals surface area contributed by atoms with Crippen molar-refractivity contribution in [2.45, 2.75) is 45.4 Å². The van der Waals surface area contributed by atoms with E-state index in [0.717, 1.165) is 50.8 Å². The summed E-state index contributed by atoms with van der Waals surface area (Å²) in [5, 5.41) is 5.96. The van der Waals surface area contributed by atoms with Crippen molar-refractivity contribution < 1.29 is 9.59 Å². The number of anilines is 1. The molecule has 2 N–H and O–H groups in total. The van der Waals surface area contributed by atoms with Crippen molar-refractivity contribution in [3.63, 3.8) is 0 Å². The Morgan fingerprint density at radius 3 is 2.18 bits per heavy atom. The van der Waals surface area contributed by atoms with Gasteiger partial charge in [-0.3, -0.25) is 9.59 Å². The van der Waals surface area contributed by atoms with Crippen LogP contribution in [0.15, 0.2) is 30.3 Å². The molecule has 0 atom stereocenters. The quantitative estimate of drug-likeness (QED) is 0.792. The number of para-hydroxylation sites is 1. The van der Waals surface area contributed by atoms with Crippen molar-refractivity contribution in [1.82, 2.24) is 5.32 Å². The smallest absolute Gasteiger partial charge is 0.227 e. The van der Waals surface area contributed by atoms with Crippen LogP contribution in [0.5, 0.6) is 0 Å². The second-order valence-corrected chi connectivity index (χ2v) is 6.05. The summed E-state index contributed by atoms with van der Waals surface area (Å²) in [6, 6.07) is 9.54. The summed E-state index contributed by atoms with van der Waals surface area (Å²) in [6.45, 7) is 2.88. The van der Waals surface area contributed by atoms with Crippen molar-refractivity contribution in [1.29, 1.82) is 0 Å². The van der Waals surface area contributed by atoms with Gasteiger partial charge in [0.05, 0.1) is 0 Å². The van der Waals surface area contributed by atoms with Crippen LogP contribution in [0.2, 0.25) is 0 Å². The summed E-state index contributed by atoms with van der Waals surface area (Å²) in [5.74, 6) is 0.351. The Morgan fingerprint density at radius 1 is 1.00 bits per heavy atom. The highest BCUT2D eigenvalue weighted by atomic mass is 16.2. The van der Waals surface area contributed by atoms with E-state index in [1.807, 2.05) is 30.3 Å². The van der Waals surface area contributed by atoms with Crippen LogP contribution in [0.1, 0.15) is 45.4 Å². The molecule has 4 nitrogen and oxygen atoms in total. The SMILES string of the molecule is CCCCNC(=O)C1CCC(C(=O)Nc2ccccc2)CC1. The predicted octanol–water partition coefficient (Wildman–Crippen LogP) is 3.35. The molecule has 0 saturated heterocycles. The molecule has 0 radical (unpaired) electrons. The van der Waals surface area contributed by atoms with Gasteiger partial charge in [0.1, 0.15) is 0 Å². The molecule has 0 bridgehead atoms. The second kappa shape index (κ2) is 8.57. The highest BCUT2D eigenvalue weighted by Crippen LogP contribution is 2.29. The molecule has 1 fully saturated rings. The van der Waals surface area contributed by atoms with Crippen LogP contribution in [0.25, 0.3) is 0 Å². The predicted molar refractivity (Wildman–Crippen MR) is 88.4 cm³/mol. The van der Waals surface area contributed by atoms with Crippen LogP contribution in [-0.2, 0) is 9.59 Å². The molecule has 0 spiro atoms. The molecule has 2 rings (SSSR count). The van der Waals surface area contributed by atoms with Crippen molar-refractivity contribution in [3.8, 4) is 0 Å². The third-order valence-corrected chi connectivity index (χ3v) is 4.34. The summed E-state index contributed by atoms with van der Waals surface area (Å²) >= 11 is 0. The van der Waals surface area contributed by atoms with Crippen LogP contribution in [-0.4, -0.2) is 18.4 Å². The van der Waals surface area contributed by atoms with Crippen LogP contribution in [0.3, 0.4) is 0 Å². The molecule has 22 heavy (non-hydrogen) atoms. The van der Waals surface area contributed by atoms with Gasteiger partial charge in [0, 0.05) is 24.1 Å². The third kappa shape index (κ3) is 4.86. The third-order valence-electron chi connectivity index (χ3n) is 4.34. The van der Waals surface area contributed by atoms with E-state index in [4.69, 9.17) is 0 Å². The number of nitrogens with one attached hydrogen (secondary N) is 2. The molecule has 1 aliphatic carbocycles. The molecule has 1 aromatic rings. The van der Waals surface area contributed by atoms with Gasteiger partial charge < -0.3 is 10.6 Å². The number of carbonyl (C=O) groups is 2. The van der Waals surface area contributed by atoms with Crippen LogP contribution in [0.4, 0.5) is 5.69 Å². The first-order valence-corrected chi connectivity index (χ1v) is 8.34. The summed E-state index contributed by atoms with van der Waals surface area (Å²) in [7, 11) is 0. The fraction of sp³-hybridized carbons (Fsp3) is 0.556. The minimum absolute atomic E-state index is 0.0277. The number of hydrogen-bond donors (Lipinski definition) is 2. The van der Waals surface area contributed by atoms with Gasteiger partial charge in [-0.25, -0.2) is 0 Å². The lowest BCUT2D eigenvalue weighted by Crippen LogP contribution is -2.35. The van der Waals surface area contributed by atoms with Gasteiger partial charge in [0.2, 0.25) is 11.8 Å². The number of carbonyl (C=O) groups excluding carboxylic acids is 2. The molecule has 0 aliphatic heterocycles. The number of hydrogen-bond acceptors (Lipinski definition) is 2. The molecule has 2 amide bonds. The Kier molecular flexibility index (Phi) is 6.44. The molecule has 1 aliphatic rings. The van der Waals surface area contributed by atoms with E-state index in [0.29, 0.717) is 0 Å². The van der Waals surface area contributed by atoms with Crippen LogP contribution < -0.4 is 10.6 Å². The van der Waals surface area contributed by atoms with E-state index in [-0.39, 0.29) is 23.7 Å². The Balaban J connectivity index is 1.74. The molecule has 1 aromatic carbocycles. The summed E-state index contributed by atoms with van der Waals surface area (Å²) in [6.07, 6.45) is 5.33. The van der Waals surface area contributed by atoms with Gasteiger partial charge in [0.25, 0.3) is 0 Å². The van der Waals surface area contributed by atoms with Crippen LogP contribution in [0, 0.1) is 11.8 Å². The van der Waals surface area contributed by atoms with E-state index >= 15 is 0 Å². The van der Waals surface area contributed by atoms with Crippen molar-refractivity contribution >= 4 is 17.5 Å². The average Bonchev–Trinajstić information content (AvgIpc) is 2.56. The largest absolute Gasteiger partial charge is 0.356 e. The molecule has 0 heterocycles. The number of rotatable bonds is 6.